The molecule has 0 atom stereocenters. The van der Waals surface area contributed by atoms with Crippen molar-refractivity contribution in [3.63, 3.8) is 0 Å². The molecule has 0 saturated carbocycles. The molecule has 1 aromatic rings. The minimum atomic E-state index is -0.913. The molecular formula is C12H15NO3. The van der Waals surface area contributed by atoms with Crippen molar-refractivity contribution >= 4 is 11.9 Å². The predicted molar refractivity (Wildman–Crippen MR) is 60.4 cm³/mol. The van der Waals surface area contributed by atoms with Gasteiger partial charge in [-0.15, -0.1) is 0 Å². The summed E-state index contributed by atoms with van der Waals surface area (Å²) in [4.78, 5) is 21.3. The highest BCUT2D eigenvalue weighted by Crippen LogP contribution is 2.07. The lowest BCUT2D eigenvalue weighted by Crippen LogP contribution is -2.21. The molecule has 0 radical (unpaired) electrons. The number of carboxylic acids is 1. The third-order valence-corrected chi connectivity index (χ3v) is 2.19. The molecule has 0 aliphatic heterocycles. The third kappa shape index (κ3) is 4.13. The van der Waals surface area contributed by atoms with Gasteiger partial charge in [0.2, 0.25) is 5.91 Å². The third-order valence-electron chi connectivity index (χ3n) is 2.19. The SMILES string of the molecule is CC(=O)NCCCc1cccc(C(=O)O)c1. The van der Waals surface area contributed by atoms with Gasteiger partial charge in [-0.05, 0) is 30.5 Å². The second kappa shape index (κ2) is 5.90. The molecule has 0 bridgehead atoms. The Morgan fingerprint density at radius 1 is 1.38 bits per heavy atom. The number of aryl methyl sites for hydroxylation is 1. The molecule has 0 aliphatic rings. The van der Waals surface area contributed by atoms with E-state index in [-0.39, 0.29) is 5.91 Å². The van der Waals surface area contributed by atoms with Crippen molar-refractivity contribution < 1.29 is 14.7 Å². The summed E-state index contributed by atoms with van der Waals surface area (Å²) in [6, 6.07) is 6.85. The summed E-state index contributed by atoms with van der Waals surface area (Å²) in [6.45, 7) is 2.09. The van der Waals surface area contributed by atoms with Crippen LogP contribution >= 0.6 is 0 Å². The first-order valence-electron chi connectivity index (χ1n) is 5.16. The van der Waals surface area contributed by atoms with Crippen LogP contribution in [0.5, 0.6) is 0 Å². The highest BCUT2D eigenvalue weighted by Gasteiger charge is 2.02. The number of rotatable bonds is 5. The van der Waals surface area contributed by atoms with E-state index in [1.165, 1.54) is 6.92 Å². The Morgan fingerprint density at radius 2 is 2.12 bits per heavy atom. The smallest absolute Gasteiger partial charge is 0.335 e. The molecule has 0 aliphatic carbocycles. The van der Waals surface area contributed by atoms with Gasteiger partial charge in [-0.2, -0.15) is 0 Å². The molecule has 4 heteroatoms. The van der Waals surface area contributed by atoms with E-state index in [1.807, 2.05) is 6.07 Å². The van der Waals surface area contributed by atoms with Crippen LogP contribution in [0.3, 0.4) is 0 Å². The van der Waals surface area contributed by atoms with Crippen molar-refractivity contribution in [1.82, 2.24) is 5.32 Å². The summed E-state index contributed by atoms with van der Waals surface area (Å²) < 4.78 is 0. The fourth-order valence-electron chi connectivity index (χ4n) is 1.42. The fraction of sp³-hybridized carbons (Fsp3) is 0.333. The maximum Gasteiger partial charge on any atom is 0.335 e. The number of carbonyl (C=O) groups is 2. The fourth-order valence-corrected chi connectivity index (χ4v) is 1.42. The van der Waals surface area contributed by atoms with Crippen LogP contribution in [0, 0.1) is 0 Å². The van der Waals surface area contributed by atoms with Crippen molar-refractivity contribution in [3.8, 4) is 0 Å². The second-order valence-corrected chi connectivity index (χ2v) is 3.59. The first-order chi connectivity index (χ1) is 7.59. The summed E-state index contributed by atoms with van der Waals surface area (Å²) in [5.41, 5.74) is 1.28. The zero-order chi connectivity index (χ0) is 12.0. The van der Waals surface area contributed by atoms with Crippen molar-refractivity contribution in [2.24, 2.45) is 0 Å². The molecule has 1 aromatic carbocycles. The number of carboxylic acid groups (broad SMARTS) is 1. The zero-order valence-electron chi connectivity index (χ0n) is 9.19. The van der Waals surface area contributed by atoms with Crippen LogP contribution in [0.25, 0.3) is 0 Å². The van der Waals surface area contributed by atoms with Crippen LogP contribution < -0.4 is 5.32 Å². The molecule has 2 N–H and O–H groups in total. The Kier molecular flexibility index (Phi) is 4.51. The largest absolute Gasteiger partial charge is 0.478 e. The van der Waals surface area contributed by atoms with Crippen LogP contribution in [0.1, 0.15) is 29.3 Å². The van der Waals surface area contributed by atoms with Crippen LogP contribution in [0.4, 0.5) is 0 Å². The Bertz CT molecular complexity index is 388. The van der Waals surface area contributed by atoms with Crippen LogP contribution in [-0.4, -0.2) is 23.5 Å². The number of benzene rings is 1. The summed E-state index contributed by atoms with van der Waals surface area (Å²) in [5, 5.41) is 11.5. The van der Waals surface area contributed by atoms with Crippen LogP contribution in [0.2, 0.25) is 0 Å². The minimum Gasteiger partial charge on any atom is -0.478 e. The molecule has 0 spiro atoms. The lowest BCUT2D eigenvalue weighted by molar-refractivity contribution is -0.118. The van der Waals surface area contributed by atoms with E-state index < -0.39 is 5.97 Å². The molecule has 0 unspecified atom stereocenters. The Hall–Kier alpha value is -1.84. The molecule has 1 rings (SSSR count). The van der Waals surface area contributed by atoms with Gasteiger partial charge in [0.05, 0.1) is 5.56 Å². The van der Waals surface area contributed by atoms with Crippen LogP contribution in [0.15, 0.2) is 24.3 Å². The topological polar surface area (TPSA) is 66.4 Å². The number of aromatic carboxylic acids is 1. The quantitative estimate of drug-likeness (QED) is 0.739. The predicted octanol–water partition coefficient (Wildman–Crippen LogP) is 1.45. The maximum atomic E-state index is 10.7. The number of hydrogen-bond donors (Lipinski definition) is 2. The summed E-state index contributed by atoms with van der Waals surface area (Å²) in [5.74, 6) is -0.956. The van der Waals surface area contributed by atoms with E-state index in [1.54, 1.807) is 18.2 Å². The van der Waals surface area contributed by atoms with Crippen molar-refractivity contribution in [3.05, 3.63) is 35.4 Å². The molecule has 86 valence electrons. The van der Waals surface area contributed by atoms with Crippen molar-refractivity contribution in [1.29, 1.82) is 0 Å². The van der Waals surface area contributed by atoms with Gasteiger partial charge < -0.3 is 10.4 Å². The zero-order valence-corrected chi connectivity index (χ0v) is 9.19. The van der Waals surface area contributed by atoms with E-state index in [2.05, 4.69) is 5.32 Å². The number of nitrogens with one attached hydrogen (secondary N) is 1. The van der Waals surface area contributed by atoms with E-state index >= 15 is 0 Å². The summed E-state index contributed by atoms with van der Waals surface area (Å²) in [6.07, 6.45) is 1.57. The van der Waals surface area contributed by atoms with Gasteiger partial charge in [0, 0.05) is 13.5 Å². The molecular weight excluding hydrogens is 206 g/mol. The second-order valence-electron chi connectivity index (χ2n) is 3.59. The molecule has 0 heterocycles. The monoisotopic (exact) mass is 221 g/mol. The molecule has 0 saturated heterocycles. The Labute approximate surface area is 94.3 Å². The van der Waals surface area contributed by atoms with Gasteiger partial charge in [0.1, 0.15) is 0 Å². The lowest BCUT2D eigenvalue weighted by Gasteiger charge is -2.03. The average molecular weight is 221 g/mol. The van der Waals surface area contributed by atoms with E-state index in [0.29, 0.717) is 12.1 Å². The summed E-state index contributed by atoms with van der Waals surface area (Å²) >= 11 is 0. The van der Waals surface area contributed by atoms with Gasteiger partial charge in [0.25, 0.3) is 0 Å². The van der Waals surface area contributed by atoms with Gasteiger partial charge in [-0.25, -0.2) is 4.79 Å². The van der Waals surface area contributed by atoms with Gasteiger partial charge in [-0.1, -0.05) is 12.1 Å². The average Bonchev–Trinajstić information content (AvgIpc) is 2.24. The standard InChI is InChI=1S/C12H15NO3/c1-9(14)13-7-3-5-10-4-2-6-11(8-10)12(15)16/h2,4,6,8H,3,5,7H2,1H3,(H,13,14)(H,15,16). The minimum absolute atomic E-state index is 0.0423. The molecule has 0 aromatic heterocycles. The van der Waals surface area contributed by atoms with Gasteiger partial charge in [0.15, 0.2) is 0 Å². The van der Waals surface area contributed by atoms with Crippen LogP contribution in [-0.2, 0) is 11.2 Å². The molecule has 4 nitrogen and oxygen atoms in total. The Morgan fingerprint density at radius 3 is 2.75 bits per heavy atom. The molecule has 1 amide bonds. The lowest BCUT2D eigenvalue weighted by atomic mass is 10.1. The first kappa shape index (κ1) is 12.2. The normalized spacial score (nSPS) is 9.81. The number of hydrogen-bond acceptors (Lipinski definition) is 2. The highest BCUT2D eigenvalue weighted by atomic mass is 16.4. The molecule has 16 heavy (non-hydrogen) atoms. The van der Waals surface area contributed by atoms with Crippen molar-refractivity contribution in [2.45, 2.75) is 19.8 Å². The van der Waals surface area contributed by atoms with Gasteiger partial charge >= 0.3 is 5.97 Å². The van der Waals surface area contributed by atoms with E-state index in [0.717, 1.165) is 18.4 Å². The van der Waals surface area contributed by atoms with E-state index in [9.17, 15) is 9.59 Å². The number of amides is 1. The maximum absolute atomic E-state index is 10.7. The van der Waals surface area contributed by atoms with Gasteiger partial charge in [-0.3, -0.25) is 4.79 Å². The Balaban J connectivity index is 2.45. The first-order valence-corrected chi connectivity index (χ1v) is 5.16. The number of carbonyl (C=O) groups excluding carboxylic acids is 1. The molecule has 0 fully saturated rings. The van der Waals surface area contributed by atoms with Crippen molar-refractivity contribution in [2.75, 3.05) is 6.54 Å². The highest BCUT2D eigenvalue weighted by molar-refractivity contribution is 5.87. The summed E-state index contributed by atoms with van der Waals surface area (Å²) in [7, 11) is 0. The van der Waals surface area contributed by atoms with E-state index in [4.69, 9.17) is 5.11 Å².